The first-order valence-electron chi connectivity index (χ1n) is 6.04. The van der Waals surface area contributed by atoms with Crippen LogP contribution in [0.5, 0.6) is 5.75 Å². The summed E-state index contributed by atoms with van der Waals surface area (Å²) in [7, 11) is 1.70. The molecule has 1 aromatic rings. The Morgan fingerprint density at radius 3 is 2.24 bits per heavy atom. The fourth-order valence-electron chi connectivity index (χ4n) is 2.32. The molecule has 0 aromatic heterocycles. The standard InChI is InChI=1S/C14H24N2O/c1-8-6-12(13(16)7-9(2)15)10(3)11(4)14(8)17-5/h6,9,13H,7,15-16H2,1-5H3. The number of nitrogens with two attached hydrogens (primary N) is 2. The molecule has 0 heterocycles. The second-order valence-corrected chi connectivity index (χ2v) is 4.89. The van der Waals surface area contributed by atoms with Crippen molar-refractivity contribution in [1.82, 2.24) is 0 Å². The van der Waals surface area contributed by atoms with E-state index in [2.05, 4.69) is 19.9 Å². The number of benzene rings is 1. The van der Waals surface area contributed by atoms with Gasteiger partial charge >= 0.3 is 0 Å². The predicted octanol–water partition coefficient (Wildman–Crippen LogP) is 2.36. The molecule has 3 nitrogen and oxygen atoms in total. The fourth-order valence-corrected chi connectivity index (χ4v) is 2.32. The first-order chi connectivity index (χ1) is 7.88. The summed E-state index contributed by atoms with van der Waals surface area (Å²) in [6, 6.07) is 2.24. The van der Waals surface area contributed by atoms with Crippen LogP contribution in [0.4, 0.5) is 0 Å². The van der Waals surface area contributed by atoms with Gasteiger partial charge in [-0.05, 0) is 56.4 Å². The first kappa shape index (κ1) is 14.0. The second-order valence-electron chi connectivity index (χ2n) is 4.89. The van der Waals surface area contributed by atoms with Crippen molar-refractivity contribution in [3.05, 3.63) is 28.3 Å². The summed E-state index contributed by atoms with van der Waals surface area (Å²) in [5.74, 6) is 0.958. The Bertz CT molecular complexity index is 400. The molecule has 0 fully saturated rings. The predicted molar refractivity (Wildman–Crippen MR) is 72.4 cm³/mol. The van der Waals surface area contributed by atoms with Gasteiger partial charge in [-0.3, -0.25) is 0 Å². The minimum absolute atomic E-state index is 0.00157. The van der Waals surface area contributed by atoms with Gasteiger partial charge < -0.3 is 16.2 Å². The van der Waals surface area contributed by atoms with E-state index in [1.165, 1.54) is 16.7 Å². The van der Waals surface area contributed by atoms with Crippen LogP contribution in [0.1, 0.15) is 41.6 Å². The monoisotopic (exact) mass is 236 g/mol. The number of methoxy groups -OCH3 is 1. The Morgan fingerprint density at radius 1 is 1.18 bits per heavy atom. The van der Waals surface area contributed by atoms with Crippen LogP contribution in [0.15, 0.2) is 6.07 Å². The minimum atomic E-state index is -0.00157. The Balaban J connectivity index is 3.18. The molecule has 4 N–H and O–H groups in total. The van der Waals surface area contributed by atoms with Gasteiger partial charge in [-0.15, -0.1) is 0 Å². The van der Waals surface area contributed by atoms with Crippen LogP contribution < -0.4 is 16.2 Å². The highest BCUT2D eigenvalue weighted by Gasteiger charge is 2.16. The van der Waals surface area contributed by atoms with Crippen LogP contribution in [0, 0.1) is 20.8 Å². The molecule has 0 bridgehead atoms. The normalized spacial score (nSPS) is 14.5. The van der Waals surface area contributed by atoms with Crippen LogP contribution >= 0.6 is 0 Å². The van der Waals surface area contributed by atoms with Gasteiger partial charge in [0.15, 0.2) is 0 Å². The third-order valence-electron chi connectivity index (χ3n) is 3.30. The van der Waals surface area contributed by atoms with Crippen molar-refractivity contribution in [3.8, 4) is 5.75 Å². The molecule has 0 aliphatic heterocycles. The van der Waals surface area contributed by atoms with E-state index in [0.29, 0.717) is 0 Å². The van der Waals surface area contributed by atoms with Crippen LogP contribution in [-0.2, 0) is 0 Å². The molecule has 0 amide bonds. The van der Waals surface area contributed by atoms with Gasteiger partial charge in [0.25, 0.3) is 0 Å². The second kappa shape index (κ2) is 5.52. The van der Waals surface area contributed by atoms with Gasteiger partial charge in [-0.25, -0.2) is 0 Å². The summed E-state index contributed by atoms with van der Waals surface area (Å²) in [6.07, 6.45) is 0.798. The van der Waals surface area contributed by atoms with Gasteiger partial charge in [-0.1, -0.05) is 6.07 Å². The highest BCUT2D eigenvalue weighted by atomic mass is 16.5. The fraction of sp³-hybridized carbons (Fsp3) is 0.571. The minimum Gasteiger partial charge on any atom is -0.496 e. The molecular formula is C14H24N2O. The third-order valence-corrected chi connectivity index (χ3v) is 3.30. The van der Waals surface area contributed by atoms with Crippen molar-refractivity contribution in [2.24, 2.45) is 11.5 Å². The van der Waals surface area contributed by atoms with Crippen molar-refractivity contribution < 1.29 is 4.74 Å². The van der Waals surface area contributed by atoms with Gasteiger partial charge in [-0.2, -0.15) is 0 Å². The summed E-state index contributed by atoms with van der Waals surface area (Å²) in [6.45, 7) is 8.20. The number of aryl methyl sites for hydroxylation is 1. The Morgan fingerprint density at radius 2 is 1.76 bits per heavy atom. The highest BCUT2D eigenvalue weighted by Crippen LogP contribution is 2.31. The summed E-state index contributed by atoms with van der Waals surface area (Å²) >= 11 is 0. The smallest absolute Gasteiger partial charge is 0.124 e. The molecule has 0 aliphatic carbocycles. The average molecular weight is 236 g/mol. The van der Waals surface area contributed by atoms with E-state index < -0.39 is 0 Å². The zero-order valence-corrected chi connectivity index (χ0v) is 11.5. The Labute approximate surface area is 104 Å². The average Bonchev–Trinajstić information content (AvgIpc) is 2.23. The lowest BCUT2D eigenvalue weighted by Crippen LogP contribution is -2.24. The van der Waals surface area contributed by atoms with E-state index in [9.17, 15) is 0 Å². The summed E-state index contributed by atoms with van der Waals surface area (Å²) in [4.78, 5) is 0. The van der Waals surface area contributed by atoms with Crippen molar-refractivity contribution in [1.29, 1.82) is 0 Å². The molecule has 17 heavy (non-hydrogen) atoms. The van der Waals surface area contributed by atoms with E-state index >= 15 is 0 Å². The maximum absolute atomic E-state index is 6.21. The van der Waals surface area contributed by atoms with Crippen molar-refractivity contribution >= 4 is 0 Å². The lowest BCUT2D eigenvalue weighted by atomic mass is 9.91. The Hall–Kier alpha value is -1.06. The quantitative estimate of drug-likeness (QED) is 0.843. The van der Waals surface area contributed by atoms with Gasteiger partial charge in [0.2, 0.25) is 0 Å². The van der Waals surface area contributed by atoms with E-state index in [1.807, 2.05) is 13.8 Å². The molecule has 0 aliphatic rings. The highest BCUT2D eigenvalue weighted by molar-refractivity contribution is 5.49. The molecule has 0 radical (unpaired) electrons. The maximum atomic E-state index is 6.21. The number of hydrogen-bond donors (Lipinski definition) is 2. The maximum Gasteiger partial charge on any atom is 0.124 e. The van der Waals surface area contributed by atoms with Crippen molar-refractivity contribution in [3.63, 3.8) is 0 Å². The molecule has 3 heteroatoms. The molecule has 0 saturated carbocycles. The van der Waals surface area contributed by atoms with Crippen molar-refractivity contribution in [2.45, 2.75) is 46.2 Å². The van der Waals surface area contributed by atoms with Gasteiger partial charge in [0.05, 0.1) is 7.11 Å². The van der Waals surface area contributed by atoms with E-state index in [-0.39, 0.29) is 12.1 Å². The number of hydrogen-bond acceptors (Lipinski definition) is 3. The first-order valence-corrected chi connectivity index (χ1v) is 6.04. The van der Waals surface area contributed by atoms with E-state index in [0.717, 1.165) is 17.7 Å². The zero-order valence-electron chi connectivity index (χ0n) is 11.5. The molecule has 96 valence electrons. The molecule has 0 saturated heterocycles. The molecule has 1 rings (SSSR count). The number of ether oxygens (including phenoxy) is 1. The SMILES string of the molecule is COc1c(C)cc(C(N)CC(C)N)c(C)c1C. The van der Waals surface area contributed by atoms with Crippen molar-refractivity contribution in [2.75, 3.05) is 7.11 Å². The summed E-state index contributed by atoms with van der Waals surface area (Å²) < 4.78 is 5.41. The third kappa shape index (κ3) is 2.99. The number of rotatable bonds is 4. The Kier molecular flexibility index (Phi) is 4.54. The van der Waals surface area contributed by atoms with E-state index in [1.54, 1.807) is 7.11 Å². The largest absolute Gasteiger partial charge is 0.496 e. The molecular weight excluding hydrogens is 212 g/mol. The summed E-state index contributed by atoms with van der Waals surface area (Å²) in [5.41, 5.74) is 16.7. The molecule has 1 aromatic carbocycles. The van der Waals surface area contributed by atoms with Gasteiger partial charge in [0, 0.05) is 12.1 Å². The van der Waals surface area contributed by atoms with Gasteiger partial charge in [0.1, 0.15) is 5.75 Å². The molecule has 2 atom stereocenters. The molecule has 2 unspecified atom stereocenters. The zero-order chi connectivity index (χ0) is 13.2. The van der Waals surface area contributed by atoms with Crippen LogP contribution in [0.25, 0.3) is 0 Å². The van der Waals surface area contributed by atoms with Crippen LogP contribution in [0.3, 0.4) is 0 Å². The molecule has 0 spiro atoms. The van der Waals surface area contributed by atoms with Crippen LogP contribution in [-0.4, -0.2) is 13.2 Å². The lowest BCUT2D eigenvalue weighted by Gasteiger charge is -2.21. The van der Waals surface area contributed by atoms with Crippen LogP contribution in [0.2, 0.25) is 0 Å². The van der Waals surface area contributed by atoms with E-state index in [4.69, 9.17) is 16.2 Å². The lowest BCUT2D eigenvalue weighted by molar-refractivity contribution is 0.407. The summed E-state index contributed by atoms with van der Waals surface area (Å²) in [5, 5.41) is 0. The topological polar surface area (TPSA) is 61.3 Å².